The molecule has 1 aliphatic rings. The van der Waals surface area contributed by atoms with Crippen LogP contribution in [0.25, 0.3) is 10.9 Å². The van der Waals surface area contributed by atoms with Crippen molar-refractivity contribution < 1.29 is 22.7 Å². The molecule has 1 aliphatic heterocycles. The average Bonchev–Trinajstić information content (AvgIpc) is 3.23. The fourth-order valence-electron chi connectivity index (χ4n) is 3.96. The maximum absolute atomic E-state index is 13.1. The van der Waals surface area contributed by atoms with E-state index in [1.165, 1.54) is 23.4 Å². The van der Waals surface area contributed by atoms with Crippen LogP contribution in [0.4, 0.5) is 0 Å². The standard InChI is InChI=1S/C23H24N2O5S/c1-16(22(26)19-15-24-20-12-6-5-11-18(19)20)30-23(27)21-13-7-8-14-25(21)31(28,29)17-9-3-2-4-10-17/h2-6,9-12,15-16,21,24H,7-8,13-14H2,1H3/t16-,21+/m1/s1. The number of ether oxygens (including phenoxy) is 1. The number of para-hydroxylation sites is 1. The van der Waals surface area contributed by atoms with Gasteiger partial charge in [0.2, 0.25) is 15.8 Å². The first kappa shape index (κ1) is 21.3. The summed E-state index contributed by atoms with van der Waals surface area (Å²) in [5.74, 6) is -1.03. The van der Waals surface area contributed by atoms with Gasteiger partial charge in [0.1, 0.15) is 6.04 Å². The average molecular weight is 441 g/mol. The lowest BCUT2D eigenvalue weighted by Crippen LogP contribution is -2.49. The molecule has 3 aromatic rings. The summed E-state index contributed by atoms with van der Waals surface area (Å²) in [6, 6.07) is 14.5. The van der Waals surface area contributed by atoms with E-state index in [1.54, 1.807) is 24.4 Å². The van der Waals surface area contributed by atoms with E-state index in [2.05, 4.69) is 4.98 Å². The number of carbonyl (C=O) groups excluding carboxylic acids is 2. The Labute approximate surface area is 181 Å². The fourth-order valence-corrected chi connectivity index (χ4v) is 5.62. The predicted molar refractivity (Wildman–Crippen MR) is 116 cm³/mol. The van der Waals surface area contributed by atoms with Crippen LogP contribution in [0.15, 0.2) is 65.7 Å². The van der Waals surface area contributed by atoms with E-state index in [9.17, 15) is 18.0 Å². The minimum absolute atomic E-state index is 0.137. The Balaban J connectivity index is 1.53. The zero-order valence-corrected chi connectivity index (χ0v) is 18.0. The largest absolute Gasteiger partial charge is 0.453 e. The van der Waals surface area contributed by atoms with Crippen molar-refractivity contribution in [2.24, 2.45) is 0 Å². The Kier molecular flexibility index (Phi) is 5.93. The van der Waals surface area contributed by atoms with Gasteiger partial charge >= 0.3 is 5.97 Å². The van der Waals surface area contributed by atoms with Gasteiger partial charge < -0.3 is 9.72 Å². The van der Waals surface area contributed by atoms with Crippen molar-refractivity contribution in [2.75, 3.05) is 6.54 Å². The maximum atomic E-state index is 13.1. The zero-order valence-electron chi connectivity index (χ0n) is 17.2. The number of piperidine rings is 1. The Morgan fingerprint density at radius 2 is 1.77 bits per heavy atom. The molecule has 0 unspecified atom stereocenters. The number of nitrogens with one attached hydrogen (secondary N) is 1. The molecule has 0 saturated carbocycles. The van der Waals surface area contributed by atoms with Crippen molar-refractivity contribution in [1.82, 2.24) is 9.29 Å². The molecule has 8 heteroatoms. The van der Waals surface area contributed by atoms with Crippen molar-refractivity contribution >= 4 is 32.7 Å². The number of H-pyrrole nitrogens is 1. The van der Waals surface area contributed by atoms with Crippen LogP contribution in [0.5, 0.6) is 0 Å². The molecule has 1 N–H and O–H groups in total. The van der Waals surface area contributed by atoms with Crippen LogP contribution in [0.3, 0.4) is 0 Å². The van der Waals surface area contributed by atoms with E-state index in [0.717, 1.165) is 10.9 Å². The molecule has 4 rings (SSSR count). The minimum Gasteiger partial charge on any atom is -0.453 e. The van der Waals surface area contributed by atoms with Crippen LogP contribution in [0, 0.1) is 0 Å². The number of fused-ring (bicyclic) bond motifs is 1. The second-order valence-electron chi connectivity index (χ2n) is 7.63. The van der Waals surface area contributed by atoms with Gasteiger partial charge in [0, 0.05) is 29.2 Å². The van der Waals surface area contributed by atoms with E-state index in [-0.39, 0.29) is 17.2 Å². The number of ketones is 1. The molecule has 0 radical (unpaired) electrons. The lowest BCUT2D eigenvalue weighted by Gasteiger charge is -2.33. The van der Waals surface area contributed by atoms with E-state index >= 15 is 0 Å². The third kappa shape index (κ3) is 4.13. The van der Waals surface area contributed by atoms with Crippen molar-refractivity contribution in [3.8, 4) is 0 Å². The number of aromatic amines is 1. The predicted octanol–water partition coefficient (Wildman–Crippen LogP) is 3.53. The highest BCUT2D eigenvalue weighted by Crippen LogP contribution is 2.27. The van der Waals surface area contributed by atoms with Gasteiger partial charge in [0.05, 0.1) is 4.90 Å². The Morgan fingerprint density at radius 3 is 2.55 bits per heavy atom. The second kappa shape index (κ2) is 8.64. The number of nitrogens with zero attached hydrogens (tertiary/aromatic N) is 1. The normalized spacial score (nSPS) is 18.5. The van der Waals surface area contributed by atoms with Gasteiger partial charge in [-0.15, -0.1) is 0 Å². The lowest BCUT2D eigenvalue weighted by molar-refractivity contribution is -0.151. The SMILES string of the molecule is C[C@@H](OC(=O)[C@@H]1CCCCN1S(=O)(=O)c1ccccc1)C(=O)c1c[nH]c2ccccc12. The summed E-state index contributed by atoms with van der Waals surface area (Å²) in [6.45, 7) is 1.75. The number of sulfonamides is 1. The van der Waals surface area contributed by atoms with E-state index in [4.69, 9.17) is 4.74 Å². The molecule has 0 spiro atoms. The monoisotopic (exact) mass is 440 g/mol. The number of hydrogen-bond donors (Lipinski definition) is 1. The number of aromatic nitrogens is 1. The fraction of sp³-hybridized carbons (Fsp3) is 0.304. The number of hydrogen-bond acceptors (Lipinski definition) is 5. The summed E-state index contributed by atoms with van der Waals surface area (Å²) in [5.41, 5.74) is 1.25. The number of esters is 1. The first-order chi connectivity index (χ1) is 14.9. The molecule has 7 nitrogen and oxygen atoms in total. The van der Waals surface area contributed by atoms with Gasteiger partial charge in [0.25, 0.3) is 0 Å². The topological polar surface area (TPSA) is 96.5 Å². The van der Waals surface area contributed by atoms with Gasteiger partial charge in [-0.2, -0.15) is 4.31 Å². The molecule has 2 heterocycles. The van der Waals surface area contributed by atoms with Gasteiger partial charge in [-0.05, 0) is 44.4 Å². The number of Topliss-reactive ketones (excluding diaryl/α,β-unsaturated/α-hetero) is 1. The molecular weight excluding hydrogens is 416 g/mol. The highest BCUT2D eigenvalue weighted by atomic mass is 32.2. The molecule has 1 fully saturated rings. The molecular formula is C23H24N2O5S. The molecule has 1 saturated heterocycles. The highest BCUT2D eigenvalue weighted by molar-refractivity contribution is 7.89. The Morgan fingerprint density at radius 1 is 1.06 bits per heavy atom. The summed E-state index contributed by atoms with van der Waals surface area (Å²) in [6.07, 6.45) is 2.31. The molecule has 0 aliphatic carbocycles. The second-order valence-corrected chi connectivity index (χ2v) is 9.52. The van der Waals surface area contributed by atoms with Crippen molar-refractivity contribution in [1.29, 1.82) is 0 Å². The summed E-state index contributed by atoms with van der Waals surface area (Å²) in [5, 5.41) is 0.751. The van der Waals surface area contributed by atoms with E-state index < -0.39 is 28.1 Å². The Hall–Kier alpha value is -2.97. The Bertz CT molecular complexity index is 1200. The minimum atomic E-state index is -3.84. The first-order valence-electron chi connectivity index (χ1n) is 10.3. The summed E-state index contributed by atoms with van der Waals surface area (Å²) in [7, 11) is -3.84. The zero-order chi connectivity index (χ0) is 22.0. The van der Waals surface area contributed by atoms with E-state index in [1.807, 2.05) is 24.3 Å². The summed E-state index contributed by atoms with van der Waals surface area (Å²) in [4.78, 5) is 29.0. The van der Waals surface area contributed by atoms with Gasteiger partial charge in [-0.25, -0.2) is 8.42 Å². The number of rotatable bonds is 6. The van der Waals surface area contributed by atoms with Crippen molar-refractivity contribution in [3.05, 3.63) is 66.4 Å². The molecule has 0 amide bonds. The third-order valence-corrected chi connectivity index (χ3v) is 7.51. The van der Waals surface area contributed by atoms with Crippen LogP contribution < -0.4 is 0 Å². The summed E-state index contributed by atoms with van der Waals surface area (Å²) < 4.78 is 32.9. The van der Waals surface area contributed by atoms with Crippen LogP contribution in [-0.4, -0.2) is 48.2 Å². The van der Waals surface area contributed by atoms with Crippen molar-refractivity contribution in [3.63, 3.8) is 0 Å². The molecule has 2 atom stereocenters. The van der Waals surface area contributed by atoms with E-state index in [0.29, 0.717) is 24.8 Å². The molecule has 31 heavy (non-hydrogen) atoms. The first-order valence-corrected chi connectivity index (χ1v) is 11.7. The maximum Gasteiger partial charge on any atom is 0.325 e. The van der Waals surface area contributed by atoms with Crippen LogP contribution >= 0.6 is 0 Å². The summed E-state index contributed by atoms with van der Waals surface area (Å²) >= 11 is 0. The third-order valence-electron chi connectivity index (χ3n) is 5.59. The molecule has 1 aromatic heterocycles. The highest BCUT2D eigenvalue weighted by Gasteiger charge is 2.39. The smallest absolute Gasteiger partial charge is 0.325 e. The van der Waals surface area contributed by atoms with Crippen LogP contribution in [-0.2, 0) is 19.6 Å². The molecule has 2 aromatic carbocycles. The van der Waals surface area contributed by atoms with Gasteiger partial charge in [0.15, 0.2) is 6.10 Å². The number of carbonyl (C=O) groups is 2. The van der Waals surface area contributed by atoms with Crippen LogP contribution in [0.2, 0.25) is 0 Å². The quantitative estimate of drug-likeness (QED) is 0.467. The molecule has 162 valence electrons. The molecule has 0 bridgehead atoms. The van der Waals surface area contributed by atoms with Crippen LogP contribution in [0.1, 0.15) is 36.5 Å². The lowest BCUT2D eigenvalue weighted by atomic mass is 10.0. The van der Waals surface area contributed by atoms with Gasteiger partial charge in [-0.1, -0.05) is 36.4 Å². The van der Waals surface area contributed by atoms with Gasteiger partial charge in [-0.3, -0.25) is 9.59 Å². The van der Waals surface area contributed by atoms with Crippen molar-refractivity contribution in [2.45, 2.75) is 43.2 Å². The number of benzene rings is 2.